The van der Waals surface area contributed by atoms with Gasteiger partial charge in [-0.25, -0.2) is 9.97 Å². The molecule has 0 atom stereocenters. The lowest BCUT2D eigenvalue weighted by Crippen LogP contribution is -2.13. The average molecular weight is 581 g/mol. The quantitative estimate of drug-likeness (QED) is 0.352. The molecule has 162 valence electrons. The molecule has 0 radical (unpaired) electrons. The van der Waals surface area contributed by atoms with Crippen LogP contribution in [-0.2, 0) is 12.7 Å². The number of nitrogens with two attached hydrogens (primary N) is 1. The van der Waals surface area contributed by atoms with Gasteiger partial charge in [-0.15, -0.1) is 0 Å². The Morgan fingerprint density at radius 3 is 2.52 bits per heavy atom. The molecule has 0 fully saturated rings. The van der Waals surface area contributed by atoms with Crippen molar-refractivity contribution in [3.8, 4) is 11.6 Å². The fourth-order valence-corrected chi connectivity index (χ4v) is 3.79. The zero-order chi connectivity index (χ0) is 22.8. The summed E-state index contributed by atoms with van der Waals surface area (Å²) in [5, 5.41) is 2.41. The summed E-state index contributed by atoms with van der Waals surface area (Å²) in [4.78, 5) is 20.2. The van der Waals surface area contributed by atoms with E-state index in [1.54, 1.807) is 18.2 Å². The molecule has 0 saturated heterocycles. The highest BCUT2D eigenvalue weighted by atomic mass is 79.9. The summed E-state index contributed by atoms with van der Waals surface area (Å²) >= 11 is 12.4. The zero-order valence-electron chi connectivity index (χ0n) is 15.3. The molecule has 3 rings (SSSR count). The molecule has 0 unspecified atom stereocenters. The molecular formula is C19H12Br2ClF3N4O2. The van der Waals surface area contributed by atoms with Crippen molar-refractivity contribution in [1.82, 2.24) is 9.97 Å². The second-order valence-electron chi connectivity index (χ2n) is 6.08. The van der Waals surface area contributed by atoms with Gasteiger partial charge < -0.3 is 15.8 Å². The lowest BCUT2D eigenvalue weighted by atomic mass is 10.1. The predicted octanol–water partition coefficient (Wildman–Crippen LogP) is 6.18. The van der Waals surface area contributed by atoms with Crippen LogP contribution in [0.4, 0.5) is 18.9 Å². The number of aromatic nitrogens is 2. The van der Waals surface area contributed by atoms with Gasteiger partial charge in [0.2, 0.25) is 5.88 Å². The minimum absolute atomic E-state index is 0.0286. The maximum atomic E-state index is 12.8. The van der Waals surface area contributed by atoms with Gasteiger partial charge in [-0.05, 0) is 62.2 Å². The van der Waals surface area contributed by atoms with Crippen molar-refractivity contribution in [2.24, 2.45) is 5.73 Å². The smallest absolute Gasteiger partial charge is 0.417 e. The van der Waals surface area contributed by atoms with Crippen LogP contribution < -0.4 is 15.8 Å². The first-order valence-corrected chi connectivity index (χ1v) is 10.4. The van der Waals surface area contributed by atoms with Gasteiger partial charge in [-0.2, -0.15) is 13.2 Å². The van der Waals surface area contributed by atoms with Gasteiger partial charge >= 0.3 is 6.18 Å². The number of rotatable bonds is 5. The van der Waals surface area contributed by atoms with Gasteiger partial charge in [-0.1, -0.05) is 11.6 Å². The van der Waals surface area contributed by atoms with Crippen LogP contribution in [0.25, 0.3) is 0 Å². The molecule has 1 amide bonds. The largest absolute Gasteiger partial charge is 0.437 e. The van der Waals surface area contributed by atoms with E-state index in [9.17, 15) is 18.0 Å². The van der Waals surface area contributed by atoms with E-state index in [4.69, 9.17) is 22.1 Å². The van der Waals surface area contributed by atoms with Crippen molar-refractivity contribution in [2.45, 2.75) is 12.7 Å². The van der Waals surface area contributed by atoms with Crippen molar-refractivity contribution in [3.05, 3.63) is 73.5 Å². The third-order valence-corrected chi connectivity index (χ3v) is 5.30. The third-order valence-electron chi connectivity index (χ3n) is 3.94. The number of benzene rings is 1. The van der Waals surface area contributed by atoms with Crippen molar-refractivity contribution >= 4 is 55.1 Å². The van der Waals surface area contributed by atoms with E-state index in [0.717, 1.165) is 6.07 Å². The molecule has 2 aromatic heterocycles. The predicted molar refractivity (Wildman–Crippen MR) is 116 cm³/mol. The van der Waals surface area contributed by atoms with E-state index < -0.39 is 17.6 Å². The standard InChI is InChI=1S/C19H12Br2ClF3N4O2/c20-13-5-16(21)27-8-12(13)17(30)29-11-1-2-15(9(3-11)6-26)31-18-14(22)4-10(7-28-18)19(23,24)25/h1-5,7-8H,6,26H2,(H,29,30). The number of alkyl halides is 3. The van der Waals surface area contributed by atoms with E-state index in [0.29, 0.717) is 32.1 Å². The Morgan fingerprint density at radius 1 is 1.16 bits per heavy atom. The maximum absolute atomic E-state index is 12.8. The number of hydrogen-bond acceptors (Lipinski definition) is 5. The summed E-state index contributed by atoms with van der Waals surface area (Å²) < 4.78 is 45.0. The molecule has 12 heteroatoms. The van der Waals surface area contributed by atoms with Crippen molar-refractivity contribution in [2.75, 3.05) is 5.32 Å². The molecule has 3 N–H and O–H groups in total. The fourth-order valence-electron chi connectivity index (χ4n) is 2.45. The van der Waals surface area contributed by atoms with Crippen LogP contribution in [0.15, 0.2) is 51.8 Å². The molecule has 2 heterocycles. The van der Waals surface area contributed by atoms with Gasteiger partial charge in [0.25, 0.3) is 5.91 Å². The van der Waals surface area contributed by atoms with E-state index in [-0.39, 0.29) is 23.2 Å². The number of carbonyl (C=O) groups excluding carboxylic acids is 1. The zero-order valence-corrected chi connectivity index (χ0v) is 19.2. The molecule has 31 heavy (non-hydrogen) atoms. The summed E-state index contributed by atoms with van der Waals surface area (Å²) in [6.45, 7) is 0.0286. The molecular weight excluding hydrogens is 568 g/mol. The number of nitrogens with one attached hydrogen (secondary N) is 1. The SMILES string of the molecule is NCc1cc(NC(=O)c2cnc(Br)cc2Br)ccc1Oc1ncc(C(F)(F)F)cc1Cl. The van der Waals surface area contributed by atoms with Crippen LogP contribution in [-0.4, -0.2) is 15.9 Å². The van der Waals surface area contributed by atoms with E-state index in [1.807, 2.05) is 0 Å². The Bertz CT molecular complexity index is 1150. The Labute approximate surface area is 196 Å². The van der Waals surface area contributed by atoms with Crippen molar-refractivity contribution in [3.63, 3.8) is 0 Å². The number of ether oxygens (including phenoxy) is 1. The molecule has 0 aliphatic heterocycles. The van der Waals surface area contributed by atoms with Gasteiger partial charge in [0, 0.05) is 34.7 Å². The highest BCUT2D eigenvalue weighted by Crippen LogP contribution is 2.36. The summed E-state index contributed by atoms with van der Waals surface area (Å²) in [6.07, 6.45) is -2.54. The Morgan fingerprint density at radius 2 is 1.90 bits per heavy atom. The van der Waals surface area contributed by atoms with E-state index >= 15 is 0 Å². The van der Waals surface area contributed by atoms with Crippen LogP contribution in [0, 0.1) is 0 Å². The Kier molecular flexibility index (Phi) is 7.20. The molecule has 1 aromatic carbocycles. The van der Waals surface area contributed by atoms with Gasteiger partial charge in [0.05, 0.1) is 11.1 Å². The van der Waals surface area contributed by atoms with Crippen LogP contribution in [0.1, 0.15) is 21.5 Å². The minimum Gasteiger partial charge on any atom is -0.437 e. The topological polar surface area (TPSA) is 90.1 Å². The Hall–Kier alpha value is -2.21. The monoisotopic (exact) mass is 578 g/mol. The van der Waals surface area contributed by atoms with Gasteiger partial charge in [0.1, 0.15) is 15.4 Å². The van der Waals surface area contributed by atoms with E-state index in [1.165, 1.54) is 12.3 Å². The first-order valence-electron chi connectivity index (χ1n) is 8.44. The summed E-state index contributed by atoms with van der Waals surface area (Å²) in [5.74, 6) is -0.372. The first kappa shape index (κ1) is 23.5. The normalized spacial score (nSPS) is 11.3. The van der Waals surface area contributed by atoms with Crippen molar-refractivity contribution in [1.29, 1.82) is 0 Å². The summed E-state index contributed by atoms with van der Waals surface area (Å²) in [6, 6.07) is 6.99. The first-order chi connectivity index (χ1) is 14.6. The second-order valence-corrected chi connectivity index (χ2v) is 8.15. The fraction of sp³-hybridized carbons (Fsp3) is 0.105. The minimum atomic E-state index is -4.57. The number of anilines is 1. The van der Waals surface area contributed by atoms with Gasteiger partial charge in [-0.3, -0.25) is 4.79 Å². The van der Waals surface area contributed by atoms with Crippen LogP contribution in [0.3, 0.4) is 0 Å². The van der Waals surface area contributed by atoms with Gasteiger partial charge in [0.15, 0.2) is 0 Å². The number of nitrogens with zero attached hydrogens (tertiary/aromatic N) is 2. The van der Waals surface area contributed by atoms with Crippen LogP contribution in [0.5, 0.6) is 11.6 Å². The highest BCUT2D eigenvalue weighted by Gasteiger charge is 2.32. The second kappa shape index (κ2) is 9.51. The molecule has 0 aliphatic rings. The van der Waals surface area contributed by atoms with Crippen molar-refractivity contribution < 1.29 is 22.7 Å². The third kappa shape index (κ3) is 5.73. The average Bonchev–Trinajstić information content (AvgIpc) is 2.69. The molecule has 3 aromatic rings. The molecule has 0 spiro atoms. The highest BCUT2D eigenvalue weighted by molar-refractivity contribution is 9.11. The molecule has 0 aliphatic carbocycles. The van der Waals surface area contributed by atoms with Crippen LogP contribution in [0.2, 0.25) is 5.02 Å². The summed E-state index contributed by atoms with van der Waals surface area (Å²) in [5.41, 5.74) is 5.99. The number of amides is 1. The molecule has 6 nitrogen and oxygen atoms in total. The van der Waals surface area contributed by atoms with Crippen LogP contribution >= 0.6 is 43.5 Å². The number of halogens is 6. The Balaban J connectivity index is 1.81. The molecule has 0 bridgehead atoms. The number of hydrogen-bond donors (Lipinski definition) is 2. The lowest BCUT2D eigenvalue weighted by molar-refractivity contribution is -0.137. The maximum Gasteiger partial charge on any atom is 0.417 e. The molecule has 0 saturated carbocycles. The number of carbonyl (C=O) groups is 1. The van der Waals surface area contributed by atoms with E-state index in [2.05, 4.69) is 47.1 Å². The summed E-state index contributed by atoms with van der Waals surface area (Å²) in [7, 11) is 0. The number of pyridine rings is 2. The lowest BCUT2D eigenvalue weighted by Gasteiger charge is -2.14.